The van der Waals surface area contributed by atoms with Crippen LogP contribution in [-0.2, 0) is 4.74 Å². The lowest BCUT2D eigenvalue weighted by atomic mass is 9.78. The van der Waals surface area contributed by atoms with Crippen LogP contribution in [-0.4, -0.2) is 20.0 Å². The number of hydrogen-bond acceptors (Lipinski definition) is 1. The first kappa shape index (κ1) is 9.12. The average Bonchev–Trinajstić information content (AvgIpc) is 2.26. The highest BCUT2D eigenvalue weighted by Gasteiger charge is 2.36. The Morgan fingerprint density at radius 1 is 1.27 bits per heavy atom. The SMILES string of the molecule is [B][C@@H]1O[C@H](CC)[C@H](C)C1CC. The molecule has 11 heavy (non-hydrogen) atoms. The van der Waals surface area contributed by atoms with Crippen molar-refractivity contribution >= 4 is 7.85 Å². The van der Waals surface area contributed by atoms with Crippen LogP contribution in [0.5, 0.6) is 0 Å². The van der Waals surface area contributed by atoms with Crippen LogP contribution >= 0.6 is 0 Å². The van der Waals surface area contributed by atoms with Crippen LogP contribution < -0.4 is 0 Å². The lowest BCUT2D eigenvalue weighted by molar-refractivity contribution is 0.0692. The maximum absolute atomic E-state index is 5.82. The maximum atomic E-state index is 5.82. The minimum atomic E-state index is -0.0139. The zero-order chi connectivity index (χ0) is 8.43. The summed E-state index contributed by atoms with van der Waals surface area (Å²) < 4.78 is 5.60. The maximum Gasteiger partial charge on any atom is 0.109 e. The Morgan fingerprint density at radius 2 is 1.91 bits per heavy atom. The van der Waals surface area contributed by atoms with Crippen LogP contribution in [0, 0.1) is 11.8 Å². The fourth-order valence-corrected chi connectivity index (χ4v) is 2.07. The summed E-state index contributed by atoms with van der Waals surface area (Å²) in [5.41, 5.74) is 0. The minimum Gasteiger partial charge on any atom is -0.384 e. The summed E-state index contributed by atoms with van der Waals surface area (Å²) in [6, 6.07) is -0.0139. The van der Waals surface area contributed by atoms with Crippen molar-refractivity contribution in [1.29, 1.82) is 0 Å². The molecule has 0 aromatic heterocycles. The third-order valence-electron chi connectivity index (χ3n) is 2.89. The molecular formula is C9H17BO. The summed E-state index contributed by atoms with van der Waals surface area (Å²) in [5, 5.41) is 0. The summed E-state index contributed by atoms with van der Waals surface area (Å²) in [7, 11) is 5.82. The first-order valence-corrected chi connectivity index (χ1v) is 4.61. The van der Waals surface area contributed by atoms with Crippen molar-refractivity contribution in [3.63, 3.8) is 0 Å². The third-order valence-corrected chi connectivity index (χ3v) is 2.89. The predicted molar refractivity (Wildman–Crippen MR) is 47.7 cm³/mol. The van der Waals surface area contributed by atoms with Gasteiger partial charge in [0.25, 0.3) is 0 Å². The molecular weight excluding hydrogens is 135 g/mol. The highest BCUT2D eigenvalue weighted by atomic mass is 16.5. The predicted octanol–water partition coefficient (Wildman–Crippen LogP) is 1.95. The van der Waals surface area contributed by atoms with Crippen LogP contribution in [0.25, 0.3) is 0 Å². The molecule has 0 aromatic carbocycles. The van der Waals surface area contributed by atoms with Gasteiger partial charge in [-0.15, -0.1) is 0 Å². The lowest BCUT2D eigenvalue weighted by Crippen LogP contribution is -2.18. The van der Waals surface area contributed by atoms with Gasteiger partial charge in [-0.1, -0.05) is 27.2 Å². The smallest absolute Gasteiger partial charge is 0.109 e. The molecule has 0 bridgehead atoms. The molecule has 0 aromatic rings. The molecule has 1 aliphatic heterocycles. The van der Waals surface area contributed by atoms with Crippen molar-refractivity contribution in [3.8, 4) is 0 Å². The first-order chi connectivity index (χ1) is 5.20. The van der Waals surface area contributed by atoms with Crippen molar-refractivity contribution in [2.75, 3.05) is 0 Å². The molecule has 0 amide bonds. The van der Waals surface area contributed by atoms with Gasteiger partial charge < -0.3 is 4.74 Å². The van der Waals surface area contributed by atoms with E-state index in [0.29, 0.717) is 17.9 Å². The van der Waals surface area contributed by atoms with E-state index in [9.17, 15) is 0 Å². The number of hydrogen-bond donors (Lipinski definition) is 0. The van der Waals surface area contributed by atoms with Gasteiger partial charge in [0.1, 0.15) is 7.85 Å². The monoisotopic (exact) mass is 152 g/mol. The third kappa shape index (κ3) is 1.61. The molecule has 1 saturated heterocycles. The molecule has 2 heteroatoms. The van der Waals surface area contributed by atoms with E-state index in [0.717, 1.165) is 12.8 Å². The molecule has 1 fully saturated rings. The Morgan fingerprint density at radius 3 is 2.18 bits per heavy atom. The molecule has 1 aliphatic rings. The van der Waals surface area contributed by atoms with Gasteiger partial charge in [-0.25, -0.2) is 0 Å². The Labute approximate surface area is 70.9 Å². The van der Waals surface area contributed by atoms with Crippen molar-refractivity contribution in [2.24, 2.45) is 11.8 Å². The fourth-order valence-electron chi connectivity index (χ4n) is 2.07. The average molecular weight is 152 g/mol. The van der Waals surface area contributed by atoms with E-state index in [1.807, 2.05) is 0 Å². The topological polar surface area (TPSA) is 9.23 Å². The van der Waals surface area contributed by atoms with E-state index in [-0.39, 0.29) is 6.00 Å². The molecule has 0 saturated carbocycles. The van der Waals surface area contributed by atoms with Gasteiger partial charge in [-0.2, -0.15) is 0 Å². The van der Waals surface area contributed by atoms with Gasteiger partial charge in [0.2, 0.25) is 0 Å². The molecule has 1 rings (SSSR count). The normalized spacial score (nSPS) is 44.6. The molecule has 0 aliphatic carbocycles. The Kier molecular flexibility index (Phi) is 3.00. The molecule has 1 unspecified atom stereocenters. The largest absolute Gasteiger partial charge is 0.384 e. The number of rotatable bonds is 2. The minimum absolute atomic E-state index is 0.0139. The molecule has 4 atom stereocenters. The van der Waals surface area contributed by atoms with Crippen molar-refractivity contribution in [1.82, 2.24) is 0 Å². The van der Waals surface area contributed by atoms with Gasteiger partial charge in [-0.3, -0.25) is 0 Å². The first-order valence-electron chi connectivity index (χ1n) is 4.61. The van der Waals surface area contributed by atoms with Gasteiger partial charge in [-0.05, 0) is 18.3 Å². The molecule has 2 radical (unpaired) electrons. The Hall–Kier alpha value is 0.0249. The van der Waals surface area contributed by atoms with Gasteiger partial charge in [0, 0.05) is 6.00 Å². The molecule has 1 nitrogen and oxygen atoms in total. The highest BCUT2D eigenvalue weighted by molar-refractivity contribution is 6.11. The van der Waals surface area contributed by atoms with E-state index >= 15 is 0 Å². The van der Waals surface area contributed by atoms with E-state index in [2.05, 4.69) is 20.8 Å². The van der Waals surface area contributed by atoms with Crippen molar-refractivity contribution in [3.05, 3.63) is 0 Å². The van der Waals surface area contributed by atoms with Gasteiger partial charge in [0.05, 0.1) is 6.10 Å². The van der Waals surface area contributed by atoms with Crippen LogP contribution in [0.3, 0.4) is 0 Å². The molecule has 62 valence electrons. The van der Waals surface area contributed by atoms with E-state index in [4.69, 9.17) is 12.6 Å². The molecule has 0 spiro atoms. The number of ether oxygens (including phenoxy) is 1. The second-order valence-electron chi connectivity index (χ2n) is 3.48. The van der Waals surface area contributed by atoms with Gasteiger partial charge >= 0.3 is 0 Å². The summed E-state index contributed by atoms with van der Waals surface area (Å²) in [5.74, 6) is 1.21. The molecule has 0 N–H and O–H groups in total. The second-order valence-corrected chi connectivity index (χ2v) is 3.48. The highest BCUT2D eigenvalue weighted by Crippen LogP contribution is 2.34. The Balaban J connectivity index is 2.55. The summed E-state index contributed by atoms with van der Waals surface area (Å²) in [6.45, 7) is 6.59. The Bertz CT molecular complexity index is 127. The second kappa shape index (κ2) is 3.62. The molecule has 1 heterocycles. The van der Waals surface area contributed by atoms with Crippen molar-refractivity contribution in [2.45, 2.75) is 45.7 Å². The van der Waals surface area contributed by atoms with E-state index in [1.165, 1.54) is 0 Å². The quantitative estimate of drug-likeness (QED) is 0.549. The lowest BCUT2D eigenvalue weighted by Gasteiger charge is -2.16. The summed E-state index contributed by atoms with van der Waals surface area (Å²) >= 11 is 0. The van der Waals surface area contributed by atoms with E-state index in [1.54, 1.807) is 0 Å². The van der Waals surface area contributed by atoms with Gasteiger partial charge in [0.15, 0.2) is 0 Å². The fraction of sp³-hybridized carbons (Fsp3) is 1.00. The zero-order valence-corrected chi connectivity index (χ0v) is 7.71. The summed E-state index contributed by atoms with van der Waals surface area (Å²) in [6.07, 6.45) is 2.62. The standard InChI is InChI=1S/C9H17BO/c1-4-7-6(3)8(5-2)11-9(7)10/h6-9H,4-5H2,1-3H3/t6-,7?,8-,9-/m1/s1. The van der Waals surface area contributed by atoms with E-state index < -0.39 is 0 Å². The van der Waals surface area contributed by atoms with Crippen LogP contribution in [0.15, 0.2) is 0 Å². The van der Waals surface area contributed by atoms with Crippen LogP contribution in [0.1, 0.15) is 33.6 Å². The van der Waals surface area contributed by atoms with Crippen LogP contribution in [0.4, 0.5) is 0 Å². The van der Waals surface area contributed by atoms with Crippen LogP contribution in [0.2, 0.25) is 0 Å². The summed E-state index contributed by atoms with van der Waals surface area (Å²) in [4.78, 5) is 0. The zero-order valence-electron chi connectivity index (χ0n) is 7.71. The van der Waals surface area contributed by atoms with Crippen molar-refractivity contribution < 1.29 is 4.74 Å².